The van der Waals surface area contributed by atoms with Crippen LogP contribution in [0.1, 0.15) is 24.1 Å². The Morgan fingerprint density at radius 3 is 2.46 bits per heavy atom. The molecule has 1 aromatic heterocycles. The molecule has 1 aliphatic rings. The van der Waals surface area contributed by atoms with Crippen molar-refractivity contribution in [3.63, 3.8) is 0 Å². The molecule has 0 radical (unpaired) electrons. The van der Waals surface area contributed by atoms with E-state index in [2.05, 4.69) is 10.2 Å². The van der Waals surface area contributed by atoms with Crippen molar-refractivity contribution in [2.75, 3.05) is 5.73 Å². The first-order valence-electron chi connectivity index (χ1n) is 4.17. The standard InChI is InChI=1S/C8H11F2N3/c1-4-5(12-13-6(4)11)8(2-3-8)7(9)10/h7H,2-3H2,1H3,(H3,11,12,13). The molecule has 3 N–H and O–H groups in total. The topological polar surface area (TPSA) is 54.7 Å². The zero-order valence-corrected chi connectivity index (χ0v) is 7.27. The summed E-state index contributed by atoms with van der Waals surface area (Å²) in [5.41, 5.74) is 5.68. The van der Waals surface area contributed by atoms with Crippen molar-refractivity contribution < 1.29 is 8.78 Å². The summed E-state index contributed by atoms with van der Waals surface area (Å²) >= 11 is 0. The molecule has 0 unspecified atom stereocenters. The zero-order chi connectivity index (χ0) is 9.64. The van der Waals surface area contributed by atoms with Crippen LogP contribution >= 0.6 is 0 Å². The summed E-state index contributed by atoms with van der Waals surface area (Å²) in [5.74, 6) is 0.321. The molecule has 0 amide bonds. The van der Waals surface area contributed by atoms with E-state index in [4.69, 9.17) is 5.73 Å². The normalized spacial score (nSPS) is 19.4. The van der Waals surface area contributed by atoms with Crippen LogP contribution in [-0.4, -0.2) is 16.6 Å². The molecule has 0 atom stereocenters. The maximum atomic E-state index is 12.7. The molecule has 0 bridgehead atoms. The van der Waals surface area contributed by atoms with Crippen molar-refractivity contribution >= 4 is 5.82 Å². The first-order chi connectivity index (χ1) is 6.08. The van der Waals surface area contributed by atoms with Crippen LogP contribution < -0.4 is 5.73 Å². The first kappa shape index (κ1) is 8.47. The second kappa shape index (κ2) is 2.43. The highest BCUT2D eigenvalue weighted by molar-refractivity contribution is 5.46. The van der Waals surface area contributed by atoms with E-state index in [-0.39, 0.29) is 0 Å². The average Bonchev–Trinajstić information content (AvgIpc) is 2.80. The van der Waals surface area contributed by atoms with Crippen molar-refractivity contribution in [1.29, 1.82) is 0 Å². The van der Waals surface area contributed by atoms with Crippen LogP contribution in [0.2, 0.25) is 0 Å². The molecule has 0 aromatic carbocycles. The minimum absolute atomic E-state index is 0.321. The Morgan fingerprint density at radius 2 is 2.15 bits per heavy atom. The lowest BCUT2D eigenvalue weighted by Crippen LogP contribution is -2.19. The van der Waals surface area contributed by atoms with Gasteiger partial charge in [-0.05, 0) is 19.8 Å². The molecule has 13 heavy (non-hydrogen) atoms. The van der Waals surface area contributed by atoms with E-state index in [9.17, 15) is 8.78 Å². The summed E-state index contributed by atoms with van der Waals surface area (Å²) in [6, 6.07) is 0. The van der Waals surface area contributed by atoms with Gasteiger partial charge in [0.15, 0.2) is 0 Å². The van der Waals surface area contributed by atoms with Crippen LogP contribution in [0.4, 0.5) is 14.6 Å². The third-order valence-electron chi connectivity index (χ3n) is 2.75. The van der Waals surface area contributed by atoms with E-state index < -0.39 is 11.8 Å². The highest BCUT2D eigenvalue weighted by Gasteiger charge is 2.54. The van der Waals surface area contributed by atoms with Gasteiger partial charge in [0.1, 0.15) is 5.82 Å². The molecule has 1 aromatic rings. The lowest BCUT2D eigenvalue weighted by Gasteiger charge is -2.12. The number of nitrogen functional groups attached to an aromatic ring is 1. The molecule has 1 fully saturated rings. The Balaban J connectivity index is 2.41. The number of hydrogen-bond donors (Lipinski definition) is 2. The Bertz CT molecular complexity index is 328. The summed E-state index contributed by atoms with van der Waals surface area (Å²) in [4.78, 5) is 0. The molecule has 1 saturated carbocycles. The Labute approximate surface area is 74.3 Å². The second-order valence-corrected chi connectivity index (χ2v) is 3.57. The molecule has 72 valence electrons. The maximum absolute atomic E-state index is 12.7. The van der Waals surface area contributed by atoms with Gasteiger partial charge < -0.3 is 5.73 Å². The molecule has 0 aliphatic heterocycles. The molecule has 0 saturated heterocycles. The number of nitrogens with one attached hydrogen (secondary N) is 1. The number of halogens is 2. The molecule has 1 heterocycles. The number of aromatic nitrogens is 2. The highest BCUT2D eigenvalue weighted by atomic mass is 19.3. The largest absolute Gasteiger partial charge is 0.382 e. The van der Waals surface area contributed by atoms with Gasteiger partial charge in [0, 0.05) is 5.56 Å². The van der Waals surface area contributed by atoms with Gasteiger partial charge >= 0.3 is 0 Å². The number of H-pyrrole nitrogens is 1. The number of aromatic amines is 1. The molecule has 3 nitrogen and oxygen atoms in total. The Hall–Kier alpha value is -1.13. The van der Waals surface area contributed by atoms with Crippen LogP contribution in [0.25, 0.3) is 0 Å². The molecule has 5 heteroatoms. The van der Waals surface area contributed by atoms with Crippen molar-refractivity contribution in [2.45, 2.75) is 31.6 Å². The summed E-state index contributed by atoms with van der Waals surface area (Å²) in [6.07, 6.45) is -1.29. The van der Waals surface area contributed by atoms with Gasteiger partial charge in [-0.3, -0.25) is 5.10 Å². The van der Waals surface area contributed by atoms with Gasteiger partial charge in [-0.2, -0.15) is 5.10 Å². The smallest absolute Gasteiger partial charge is 0.249 e. The molecular weight excluding hydrogens is 176 g/mol. The van der Waals surface area contributed by atoms with E-state index in [1.54, 1.807) is 6.92 Å². The first-order valence-corrected chi connectivity index (χ1v) is 4.17. The van der Waals surface area contributed by atoms with Crippen LogP contribution in [0.3, 0.4) is 0 Å². The lowest BCUT2D eigenvalue weighted by atomic mass is 10.00. The zero-order valence-electron chi connectivity index (χ0n) is 7.27. The molecular formula is C8H11F2N3. The van der Waals surface area contributed by atoms with Gasteiger partial charge in [0.25, 0.3) is 0 Å². The van der Waals surface area contributed by atoms with Crippen molar-refractivity contribution in [3.05, 3.63) is 11.3 Å². The van der Waals surface area contributed by atoms with E-state index in [1.165, 1.54) is 0 Å². The molecule has 0 spiro atoms. The quantitative estimate of drug-likeness (QED) is 0.738. The maximum Gasteiger partial charge on any atom is 0.249 e. The molecule has 1 aliphatic carbocycles. The third-order valence-corrected chi connectivity index (χ3v) is 2.75. The van der Waals surface area contributed by atoms with Crippen LogP contribution in [0, 0.1) is 6.92 Å². The number of anilines is 1. The number of hydrogen-bond acceptors (Lipinski definition) is 2. The minimum Gasteiger partial charge on any atom is -0.382 e. The lowest BCUT2D eigenvalue weighted by molar-refractivity contribution is 0.0995. The minimum atomic E-state index is -2.33. The van der Waals surface area contributed by atoms with Gasteiger partial charge in [-0.15, -0.1) is 0 Å². The van der Waals surface area contributed by atoms with Crippen LogP contribution in [0.5, 0.6) is 0 Å². The number of nitrogens with two attached hydrogens (primary N) is 1. The molecule has 2 rings (SSSR count). The average molecular weight is 187 g/mol. The third kappa shape index (κ3) is 1.03. The van der Waals surface area contributed by atoms with Crippen molar-refractivity contribution in [2.24, 2.45) is 0 Å². The van der Waals surface area contributed by atoms with Crippen molar-refractivity contribution in [1.82, 2.24) is 10.2 Å². The monoisotopic (exact) mass is 187 g/mol. The van der Waals surface area contributed by atoms with E-state index >= 15 is 0 Å². The van der Waals surface area contributed by atoms with Crippen LogP contribution in [0.15, 0.2) is 0 Å². The number of rotatable bonds is 2. The van der Waals surface area contributed by atoms with Crippen LogP contribution in [-0.2, 0) is 5.41 Å². The fourth-order valence-electron chi connectivity index (χ4n) is 1.61. The van der Waals surface area contributed by atoms with Gasteiger partial charge in [-0.25, -0.2) is 8.78 Å². The Morgan fingerprint density at radius 1 is 1.54 bits per heavy atom. The number of alkyl halides is 2. The number of nitrogens with zero attached hydrogens (tertiary/aromatic N) is 1. The summed E-state index contributed by atoms with van der Waals surface area (Å²) in [6.45, 7) is 1.72. The fraction of sp³-hybridized carbons (Fsp3) is 0.625. The van der Waals surface area contributed by atoms with E-state index in [1.807, 2.05) is 0 Å². The van der Waals surface area contributed by atoms with E-state index in [0.717, 1.165) is 0 Å². The highest BCUT2D eigenvalue weighted by Crippen LogP contribution is 2.53. The van der Waals surface area contributed by atoms with E-state index in [0.29, 0.717) is 29.9 Å². The summed E-state index contributed by atoms with van der Waals surface area (Å²) < 4.78 is 25.3. The summed E-state index contributed by atoms with van der Waals surface area (Å²) in [7, 11) is 0. The Kier molecular flexibility index (Phi) is 1.58. The van der Waals surface area contributed by atoms with Gasteiger partial charge in [-0.1, -0.05) is 0 Å². The van der Waals surface area contributed by atoms with Gasteiger partial charge in [0.05, 0.1) is 11.1 Å². The second-order valence-electron chi connectivity index (χ2n) is 3.57. The fourth-order valence-corrected chi connectivity index (χ4v) is 1.61. The predicted octanol–water partition coefficient (Wildman–Crippen LogP) is 1.60. The SMILES string of the molecule is Cc1c(N)n[nH]c1C1(C(F)F)CC1. The van der Waals surface area contributed by atoms with Gasteiger partial charge in [0.2, 0.25) is 6.43 Å². The predicted molar refractivity (Wildman–Crippen MR) is 44.7 cm³/mol. The van der Waals surface area contributed by atoms with Crippen molar-refractivity contribution in [3.8, 4) is 0 Å². The summed E-state index contributed by atoms with van der Waals surface area (Å²) in [5, 5.41) is 6.33.